The van der Waals surface area contributed by atoms with Crippen LogP contribution >= 0.6 is 22.9 Å². The van der Waals surface area contributed by atoms with Crippen molar-refractivity contribution in [3.8, 4) is 0 Å². The lowest BCUT2D eigenvalue weighted by Gasteiger charge is -1.95. The Kier molecular flexibility index (Phi) is 2.50. The van der Waals surface area contributed by atoms with Gasteiger partial charge in [-0.2, -0.15) is 0 Å². The molecule has 1 heterocycles. The van der Waals surface area contributed by atoms with Gasteiger partial charge in [0.2, 0.25) is 0 Å². The van der Waals surface area contributed by atoms with Crippen LogP contribution in [0.2, 0.25) is 5.02 Å². The molecule has 0 unspecified atom stereocenters. The highest BCUT2D eigenvalue weighted by Crippen LogP contribution is 2.33. The first-order chi connectivity index (χ1) is 6.59. The Balaban J connectivity index is 2.75. The number of halogens is 1. The molecule has 74 valence electrons. The minimum atomic E-state index is 0.475. The van der Waals surface area contributed by atoms with Crippen molar-refractivity contribution in [3.05, 3.63) is 27.7 Å². The normalized spacial score (nSPS) is 11.5. The van der Waals surface area contributed by atoms with Crippen LogP contribution in [-0.4, -0.2) is 4.98 Å². The van der Waals surface area contributed by atoms with Gasteiger partial charge in [0.05, 0.1) is 20.2 Å². The fourth-order valence-electron chi connectivity index (χ4n) is 1.37. The number of aromatic nitrogens is 1. The van der Waals surface area contributed by atoms with Gasteiger partial charge in [0, 0.05) is 5.92 Å². The molecule has 1 aromatic heterocycles. The molecular formula is C11H12ClNS. The third-order valence-electron chi connectivity index (χ3n) is 2.21. The van der Waals surface area contributed by atoms with Gasteiger partial charge >= 0.3 is 0 Å². The Morgan fingerprint density at radius 2 is 2.07 bits per heavy atom. The largest absolute Gasteiger partial charge is 0.241 e. The molecule has 2 aromatic rings. The van der Waals surface area contributed by atoms with E-state index in [1.54, 1.807) is 11.3 Å². The van der Waals surface area contributed by atoms with Gasteiger partial charge in [0.1, 0.15) is 0 Å². The SMILES string of the molecule is Cc1ccc(Cl)c2sc(C(C)C)nc12. The van der Waals surface area contributed by atoms with Crippen LogP contribution in [-0.2, 0) is 0 Å². The Bertz CT molecular complexity index is 434. The average molecular weight is 226 g/mol. The van der Waals surface area contributed by atoms with E-state index in [-0.39, 0.29) is 0 Å². The van der Waals surface area contributed by atoms with Crippen molar-refractivity contribution in [2.75, 3.05) is 0 Å². The first kappa shape index (κ1) is 9.94. The number of fused-ring (bicyclic) bond motifs is 1. The summed E-state index contributed by atoms with van der Waals surface area (Å²) in [5.74, 6) is 0.475. The molecule has 0 saturated heterocycles. The van der Waals surface area contributed by atoms with Crippen molar-refractivity contribution in [3.63, 3.8) is 0 Å². The molecule has 0 amide bonds. The van der Waals surface area contributed by atoms with Crippen molar-refractivity contribution >= 4 is 33.2 Å². The monoisotopic (exact) mass is 225 g/mol. The third-order valence-corrected chi connectivity index (χ3v) is 4.02. The Labute approximate surface area is 92.7 Å². The number of aryl methyl sites for hydroxylation is 1. The topological polar surface area (TPSA) is 12.9 Å². The maximum absolute atomic E-state index is 6.12. The fraction of sp³-hybridized carbons (Fsp3) is 0.364. The van der Waals surface area contributed by atoms with E-state index in [1.807, 2.05) is 12.1 Å². The number of nitrogens with zero attached hydrogens (tertiary/aromatic N) is 1. The summed E-state index contributed by atoms with van der Waals surface area (Å²) in [6.45, 7) is 6.38. The number of rotatable bonds is 1. The zero-order valence-corrected chi connectivity index (χ0v) is 10.0. The van der Waals surface area contributed by atoms with Gasteiger partial charge < -0.3 is 0 Å². The lowest BCUT2D eigenvalue weighted by Crippen LogP contribution is -1.84. The molecule has 0 spiro atoms. The smallest absolute Gasteiger partial charge is 0.0964 e. The van der Waals surface area contributed by atoms with Gasteiger partial charge in [-0.15, -0.1) is 11.3 Å². The van der Waals surface area contributed by atoms with Crippen LogP contribution in [0.15, 0.2) is 12.1 Å². The van der Waals surface area contributed by atoms with Gasteiger partial charge in [-0.1, -0.05) is 31.5 Å². The number of benzene rings is 1. The predicted molar refractivity (Wildman–Crippen MR) is 63.5 cm³/mol. The maximum Gasteiger partial charge on any atom is 0.0964 e. The summed E-state index contributed by atoms with van der Waals surface area (Å²) in [7, 11) is 0. The summed E-state index contributed by atoms with van der Waals surface area (Å²) < 4.78 is 1.12. The van der Waals surface area contributed by atoms with E-state index in [9.17, 15) is 0 Å². The quantitative estimate of drug-likeness (QED) is 0.702. The summed E-state index contributed by atoms with van der Waals surface area (Å²) in [6, 6.07) is 3.97. The van der Waals surface area contributed by atoms with E-state index in [2.05, 4.69) is 25.8 Å². The predicted octanol–water partition coefficient (Wildman–Crippen LogP) is 4.38. The summed E-state index contributed by atoms with van der Waals surface area (Å²) in [5.41, 5.74) is 2.26. The summed E-state index contributed by atoms with van der Waals surface area (Å²) in [4.78, 5) is 4.61. The molecule has 0 atom stereocenters. The van der Waals surface area contributed by atoms with E-state index in [0.29, 0.717) is 5.92 Å². The molecule has 14 heavy (non-hydrogen) atoms. The molecule has 1 nitrogen and oxygen atoms in total. The van der Waals surface area contributed by atoms with Crippen LogP contribution in [0.5, 0.6) is 0 Å². The summed E-state index contributed by atoms with van der Waals surface area (Å²) in [5, 5.41) is 1.98. The lowest BCUT2D eigenvalue weighted by atomic mass is 10.2. The molecule has 0 N–H and O–H groups in total. The Morgan fingerprint density at radius 1 is 1.36 bits per heavy atom. The van der Waals surface area contributed by atoms with Gasteiger partial charge in [-0.05, 0) is 18.6 Å². The van der Waals surface area contributed by atoms with Crippen molar-refractivity contribution in [1.82, 2.24) is 4.98 Å². The minimum absolute atomic E-state index is 0.475. The van der Waals surface area contributed by atoms with Gasteiger partial charge in [0.15, 0.2) is 0 Å². The Hall–Kier alpha value is -0.600. The molecule has 0 aliphatic carbocycles. The average Bonchev–Trinajstić information content (AvgIpc) is 2.57. The zero-order chi connectivity index (χ0) is 10.3. The molecule has 0 radical (unpaired) electrons. The number of hydrogen-bond donors (Lipinski definition) is 0. The van der Waals surface area contributed by atoms with Crippen LogP contribution in [0.25, 0.3) is 10.2 Å². The van der Waals surface area contributed by atoms with E-state index < -0.39 is 0 Å². The van der Waals surface area contributed by atoms with Crippen LogP contribution in [0.1, 0.15) is 30.3 Å². The maximum atomic E-state index is 6.12. The molecule has 1 aromatic carbocycles. The molecule has 2 rings (SSSR count). The summed E-state index contributed by atoms with van der Waals surface area (Å²) >= 11 is 7.82. The van der Waals surface area contributed by atoms with E-state index in [0.717, 1.165) is 20.2 Å². The van der Waals surface area contributed by atoms with Gasteiger partial charge in [-0.25, -0.2) is 4.98 Å². The van der Waals surface area contributed by atoms with Crippen LogP contribution in [0.3, 0.4) is 0 Å². The van der Waals surface area contributed by atoms with Crippen molar-refractivity contribution in [2.24, 2.45) is 0 Å². The van der Waals surface area contributed by atoms with Crippen LogP contribution in [0.4, 0.5) is 0 Å². The second-order valence-corrected chi connectivity index (χ2v) is 5.19. The van der Waals surface area contributed by atoms with Gasteiger partial charge in [-0.3, -0.25) is 0 Å². The standard InChI is InChI=1S/C11H12ClNS/c1-6(2)11-13-9-7(3)4-5-8(12)10(9)14-11/h4-6H,1-3H3. The van der Waals surface area contributed by atoms with Crippen molar-refractivity contribution < 1.29 is 0 Å². The molecule has 0 aliphatic heterocycles. The highest BCUT2D eigenvalue weighted by molar-refractivity contribution is 7.19. The second kappa shape index (κ2) is 3.52. The van der Waals surface area contributed by atoms with Crippen LogP contribution in [0, 0.1) is 6.92 Å². The van der Waals surface area contributed by atoms with E-state index in [4.69, 9.17) is 11.6 Å². The third kappa shape index (κ3) is 1.53. The molecule has 0 fully saturated rings. The van der Waals surface area contributed by atoms with Crippen LogP contribution < -0.4 is 0 Å². The molecule has 0 bridgehead atoms. The Morgan fingerprint density at radius 3 is 2.64 bits per heavy atom. The van der Waals surface area contributed by atoms with Gasteiger partial charge in [0.25, 0.3) is 0 Å². The van der Waals surface area contributed by atoms with E-state index in [1.165, 1.54) is 5.56 Å². The first-order valence-corrected chi connectivity index (χ1v) is 5.84. The fourth-order valence-corrected chi connectivity index (χ4v) is 2.68. The highest BCUT2D eigenvalue weighted by atomic mass is 35.5. The zero-order valence-electron chi connectivity index (χ0n) is 8.47. The first-order valence-electron chi connectivity index (χ1n) is 4.65. The van der Waals surface area contributed by atoms with Crippen molar-refractivity contribution in [1.29, 1.82) is 0 Å². The van der Waals surface area contributed by atoms with Crippen molar-refractivity contribution in [2.45, 2.75) is 26.7 Å². The van der Waals surface area contributed by atoms with E-state index >= 15 is 0 Å². The highest BCUT2D eigenvalue weighted by Gasteiger charge is 2.11. The molecule has 0 saturated carbocycles. The number of thiazole rings is 1. The second-order valence-electron chi connectivity index (χ2n) is 3.75. The molecule has 3 heteroatoms. The lowest BCUT2D eigenvalue weighted by molar-refractivity contribution is 0.856. The minimum Gasteiger partial charge on any atom is -0.241 e. The molecular weight excluding hydrogens is 214 g/mol. The number of hydrogen-bond acceptors (Lipinski definition) is 2. The molecule has 0 aliphatic rings. The summed E-state index contributed by atoms with van der Waals surface area (Å²) in [6.07, 6.45) is 0.